The van der Waals surface area contributed by atoms with Crippen LogP contribution in [0.15, 0.2) is 23.5 Å². The van der Waals surface area contributed by atoms with E-state index in [-0.39, 0.29) is 0 Å². The zero-order valence-corrected chi connectivity index (χ0v) is 12.3. The van der Waals surface area contributed by atoms with E-state index in [2.05, 4.69) is 27.9 Å². The van der Waals surface area contributed by atoms with E-state index in [1.807, 2.05) is 17.8 Å². The minimum atomic E-state index is -0.588. The Balaban J connectivity index is 1.77. The highest BCUT2D eigenvalue weighted by Gasteiger charge is 2.31. The Kier molecular flexibility index (Phi) is 4.76. The summed E-state index contributed by atoms with van der Waals surface area (Å²) in [5, 5.41) is 16.7. The Labute approximate surface area is 118 Å². The highest BCUT2D eigenvalue weighted by atomic mass is 32.2. The Morgan fingerprint density at radius 2 is 2.42 bits per heavy atom. The summed E-state index contributed by atoms with van der Waals surface area (Å²) in [5.41, 5.74) is 0.621. The number of nitrogens with one attached hydrogen (secondary N) is 2. The fourth-order valence-electron chi connectivity index (χ4n) is 2.06. The van der Waals surface area contributed by atoms with Gasteiger partial charge in [-0.25, -0.2) is 0 Å². The molecule has 106 valence electrons. The first kappa shape index (κ1) is 14.3. The normalized spacial score (nSPS) is 23.6. The number of thioether (sulfide) groups is 1. The SMILES string of the molecule is CN=C(NCc1ccn(C)c1)NCC1(O)CCSC1. The number of aliphatic imine (C=N–C) groups is 1. The lowest BCUT2D eigenvalue weighted by molar-refractivity contribution is 0.0724. The van der Waals surface area contributed by atoms with Gasteiger partial charge in [0.1, 0.15) is 0 Å². The first-order valence-electron chi connectivity index (χ1n) is 6.47. The van der Waals surface area contributed by atoms with Crippen LogP contribution in [0.2, 0.25) is 0 Å². The summed E-state index contributed by atoms with van der Waals surface area (Å²) in [6.07, 6.45) is 4.94. The minimum absolute atomic E-state index is 0.550. The molecule has 6 heteroatoms. The summed E-state index contributed by atoms with van der Waals surface area (Å²) < 4.78 is 2.02. The van der Waals surface area contributed by atoms with Gasteiger partial charge in [0.15, 0.2) is 5.96 Å². The molecule has 2 rings (SSSR count). The molecule has 1 atom stereocenters. The molecule has 1 fully saturated rings. The third-order valence-corrected chi connectivity index (χ3v) is 4.48. The number of hydrogen-bond donors (Lipinski definition) is 3. The molecule has 1 aliphatic heterocycles. The lowest BCUT2D eigenvalue weighted by Crippen LogP contribution is -2.47. The van der Waals surface area contributed by atoms with Crippen molar-refractivity contribution in [2.75, 3.05) is 25.1 Å². The Bertz CT molecular complexity index is 438. The predicted octanol–water partition coefficient (Wildman–Crippen LogP) is 0.558. The third-order valence-electron chi connectivity index (χ3n) is 3.24. The number of hydrogen-bond acceptors (Lipinski definition) is 3. The van der Waals surface area contributed by atoms with Crippen molar-refractivity contribution in [2.45, 2.75) is 18.6 Å². The van der Waals surface area contributed by atoms with Crippen LogP contribution in [-0.4, -0.2) is 46.3 Å². The van der Waals surface area contributed by atoms with E-state index < -0.39 is 5.60 Å². The number of nitrogens with zero attached hydrogens (tertiary/aromatic N) is 2. The fourth-order valence-corrected chi connectivity index (χ4v) is 3.35. The Morgan fingerprint density at radius 1 is 1.58 bits per heavy atom. The van der Waals surface area contributed by atoms with Gasteiger partial charge < -0.3 is 20.3 Å². The van der Waals surface area contributed by atoms with Crippen LogP contribution in [0, 0.1) is 0 Å². The maximum absolute atomic E-state index is 10.3. The van der Waals surface area contributed by atoms with Gasteiger partial charge in [0, 0.05) is 45.3 Å². The summed E-state index contributed by atoms with van der Waals surface area (Å²) >= 11 is 1.80. The van der Waals surface area contributed by atoms with Crippen molar-refractivity contribution in [3.8, 4) is 0 Å². The maximum atomic E-state index is 10.3. The number of guanidine groups is 1. The zero-order chi connectivity index (χ0) is 13.7. The molecule has 1 aromatic heterocycles. The summed E-state index contributed by atoms with van der Waals surface area (Å²) in [7, 11) is 3.75. The molecule has 1 unspecified atom stereocenters. The van der Waals surface area contributed by atoms with Crippen LogP contribution in [0.5, 0.6) is 0 Å². The van der Waals surface area contributed by atoms with Gasteiger partial charge in [-0.05, 0) is 23.8 Å². The molecule has 0 aromatic carbocycles. The zero-order valence-electron chi connectivity index (χ0n) is 11.5. The molecule has 5 nitrogen and oxygen atoms in total. The van der Waals surface area contributed by atoms with Crippen LogP contribution in [0.25, 0.3) is 0 Å². The van der Waals surface area contributed by atoms with E-state index in [1.54, 1.807) is 18.8 Å². The van der Waals surface area contributed by atoms with Crippen LogP contribution in [-0.2, 0) is 13.6 Å². The molecule has 19 heavy (non-hydrogen) atoms. The Hall–Kier alpha value is -1.14. The molecule has 0 radical (unpaired) electrons. The van der Waals surface area contributed by atoms with Crippen molar-refractivity contribution < 1.29 is 5.11 Å². The molecule has 1 saturated heterocycles. The predicted molar refractivity (Wildman–Crippen MR) is 80.5 cm³/mol. The van der Waals surface area contributed by atoms with Gasteiger partial charge in [-0.3, -0.25) is 4.99 Å². The lowest BCUT2D eigenvalue weighted by atomic mass is 10.0. The number of rotatable bonds is 4. The molecule has 0 bridgehead atoms. The standard InChI is InChI=1S/C13H22N4OS/c1-14-12(15-7-11-3-5-17(2)8-11)16-9-13(18)4-6-19-10-13/h3,5,8,18H,4,6-7,9-10H2,1-2H3,(H2,14,15,16). The third kappa shape index (κ3) is 4.18. The molecule has 0 aliphatic carbocycles. The van der Waals surface area contributed by atoms with Gasteiger partial charge in [0.2, 0.25) is 0 Å². The van der Waals surface area contributed by atoms with E-state index in [0.29, 0.717) is 6.54 Å². The molecular weight excluding hydrogens is 260 g/mol. The first-order valence-corrected chi connectivity index (χ1v) is 7.62. The topological polar surface area (TPSA) is 61.6 Å². The second-order valence-corrected chi connectivity index (χ2v) is 6.10. The van der Waals surface area contributed by atoms with Gasteiger partial charge in [-0.1, -0.05) is 0 Å². The molecule has 3 N–H and O–H groups in total. The van der Waals surface area contributed by atoms with Gasteiger partial charge >= 0.3 is 0 Å². The van der Waals surface area contributed by atoms with Crippen LogP contribution >= 0.6 is 11.8 Å². The molecule has 0 spiro atoms. The van der Waals surface area contributed by atoms with Crippen molar-refractivity contribution in [1.82, 2.24) is 15.2 Å². The van der Waals surface area contributed by atoms with Crippen LogP contribution in [0.1, 0.15) is 12.0 Å². The molecule has 1 aliphatic rings. The van der Waals surface area contributed by atoms with Crippen LogP contribution in [0.3, 0.4) is 0 Å². The van der Waals surface area contributed by atoms with E-state index in [4.69, 9.17) is 0 Å². The lowest BCUT2D eigenvalue weighted by Gasteiger charge is -2.23. The fraction of sp³-hybridized carbons (Fsp3) is 0.615. The summed E-state index contributed by atoms with van der Waals surface area (Å²) in [4.78, 5) is 4.17. The average Bonchev–Trinajstić information content (AvgIpc) is 2.99. The van der Waals surface area contributed by atoms with Crippen molar-refractivity contribution in [3.63, 3.8) is 0 Å². The second-order valence-electron chi connectivity index (χ2n) is 4.99. The summed E-state index contributed by atoms with van der Waals surface area (Å²) in [5.74, 6) is 2.57. The number of aromatic nitrogens is 1. The van der Waals surface area contributed by atoms with Crippen molar-refractivity contribution in [3.05, 3.63) is 24.0 Å². The number of aliphatic hydroxyl groups is 1. The summed E-state index contributed by atoms with van der Waals surface area (Å²) in [6, 6.07) is 2.07. The minimum Gasteiger partial charge on any atom is -0.387 e. The summed E-state index contributed by atoms with van der Waals surface area (Å²) in [6.45, 7) is 1.28. The van der Waals surface area contributed by atoms with Crippen molar-refractivity contribution in [1.29, 1.82) is 0 Å². The smallest absolute Gasteiger partial charge is 0.191 e. The Morgan fingerprint density at radius 3 is 3.00 bits per heavy atom. The van der Waals surface area contributed by atoms with Crippen molar-refractivity contribution >= 4 is 17.7 Å². The number of aryl methyl sites for hydroxylation is 1. The molecule has 0 saturated carbocycles. The largest absolute Gasteiger partial charge is 0.387 e. The van der Waals surface area contributed by atoms with E-state index >= 15 is 0 Å². The van der Waals surface area contributed by atoms with Gasteiger partial charge in [0.25, 0.3) is 0 Å². The highest BCUT2D eigenvalue weighted by Crippen LogP contribution is 2.26. The van der Waals surface area contributed by atoms with E-state index in [9.17, 15) is 5.11 Å². The maximum Gasteiger partial charge on any atom is 0.191 e. The first-order chi connectivity index (χ1) is 9.11. The van der Waals surface area contributed by atoms with Gasteiger partial charge in [-0.15, -0.1) is 0 Å². The van der Waals surface area contributed by atoms with E-state index in [1.165, 1.54) is 5.56 Å². The highest BCUT2D eigenvalue weighted by molar-refractivity contribution is 7.99. The monoisotopic (exact) mass is 282 g/mol. The molecular formula is C13H22N4OS. The van der Waals surface area contributed by atoms with Gasteiger partial charge in [-0.2, -0.15) is 11.8 Å². The van der Waals surface area contributed by atoms with E-state index in [0.717, 1.165) is 30.4 Å². The van der Waals surface area contributed by atoms with Crippen LogP contribution < -0.4 is 10.6 Å². The van der Waals surface area contributed by atoms with Crippen molar-refractivity contribution in [2.24, 2.45) is 12.0 Å². The molecule has 0 amide bonds. The average molecular weight is 282 g/mol. The quantitative estimate of drug-likeness (QED) is 0.558. The van der Waals surface area contributed by atoms with Gasteiger partial charge in [0.05, 0.1) is 5.60 Å². The van der Waals surface area contributed by atoms with Crippen LogP contribution in [0.4, 0.5) is 0 Å². The molecule has 2 heterocycles. The molecule has 1 aromatic rings. The second kappa shape index (κ2) is 6.34.